The van der Waals surface area contributed by atoms with Crippen molar-refractivity contribution in [3.63, 3.8) is 0 Å². The van der Waals surface area contributed by atoms with E-state index in [-0.39, 0.29) is 12.4 Å². The number of nitrogens with one attached hydrogen (secondary N) is 1. The first-order valence-electron chi connectivity index (χ1n) is 9.29. The maximum absolute atomic E-state index is 5.27. The molecule has 0 radical (unpaired) electrons. The highest BCUT2D eigenvalue weighted by Gasteiger charge is 2.17. The third-order valence-corrected chi connectivity index (χ3v) is 4.95. The zero-order valence-corrected chi connectivity index (χ0v) is 16.4. The van der Waals surface area contributed by atoms with Gasteiger partial charge in [-0.25, -0.2) is 0 Å². The Morgan fingerprint density at radius 3 is 2.54 bits per heavy atom. The molecule has 5 heteroatoms. The summed E-state index contributed by atoms with van der Waals surface area (Å²) >= 11 is 0. The molecule has 0 saturated carbocycles. The van der Waals surface area contributed by atoms with E-state index in [4.69, 9.17) is 4.74 Å². The highest BCUT2D eigenvalue weighted by Crippen LogP contribution is 2.17. The van der Waals surface area contributed by atoms with Gasteiger partial charge >= 0.3 is 0 Å². The van der Waals surface area contributed by atoms with Crippen LogP contribution in [0.25, 0.3) is 0 Å². The maximum Gasteiger partial charge on any atom is 0.118 e. The van der Waals surface area contributed by atoms with Crippen LogP contribution < -0.4 is 10.1 Å². The maximum atomic E-state index is 5.27. The minimum Gasteiger partial charge on any atom is -0.497 e. The van der Waals surface area contributed by atoms with Crippen LogP contribution in [-0.4, -0.2) is 43.2 Å². The Bertz CT molecular complexity index is 615. The van der Waals surface area contributed by atoms with Crippen molar-refractivity contribution < 1.29 is 4.74 Å². The molecule has 0 amide bonds. The predicted molar refractivity (Wildman–Crippen MR) is 109 cm³/mol. The molecule has 0 spiro atoms. The Labute approximate surface area is 163 Å². The number of hydrogen-bond donors (Lipinski definition) is 1. The number of aromatic nitrogens is 1. The Morgan fingerprint density at radius 2 is 1.88 bits per heavy atom. The van der Waals surface area contributed by atoms with Gasteiger partial charge in [-0.1, -0.05) is 18.2 Å². The molecule has 3 rings (SSSR count). The molecule has 0 unspecified atom stereocenters. The van der Waals surface area contributed by atoms with Crippen LogP contribution in [0.4, 0.5) is 0 Å². The summed E-state index contributed by atoms with van der Waals surface area (Å²) in [5.74, 6) is 1.71. The monoisotopic (exact) mass is 375 g/mol. The van der Waals surface area contributed by atoms with Gasteiger partial charge in [0.25, 0.3) is 0 Å². The van der Waals surface area contributed by atoms with Crippen molar-refractivity contribution in [3.05, 3.63) is 59.9 Å². The van der Waals surface area contributed by atoms with Gasteiger partial charge in [-0.2, -0.15) is 0 Å². The van der Waals surface area contributed by atoms with E-state index in [1.165, 1.54) is 30.6 Å². The molecule has 2 aromatic rings. The number of methoxy groups -OCH3 is 1. The third-order valence-electron chi connectivity index (χ3n) is 4.95. The molecule has 0 atom stereocenters. The van der Waals surface area contributed by atoms with Gasteiger partial charge < -0.3 is 10.1 Å². The van der Waals surface area contributed by atoms with Gasteiger partial charge in [0, 0.05) is 37.9 Å². The van der Waals surface area contributed by atoms with Crippen molar-refractivity contribution in [2.45, 2.75) is 25.8 Å². The topological polar surface area (TPSA) is 37.4 Å². The summed E-state index contributed by atoms with van der Waals surface area (Å²) in [5.41, 5.74) is 2.52. The fourth-order valence-electron chi connectivity index (χ4n) is 3.47. The van der Waals surface area contributed by atoms with Gasteiger partial charge in [0.15, 0.2) is 0 Å². The lowest BCUT2D eigenvalue weighted by molar-refractivity contribution is 0.200. The molecule has 142 valence electrons. The van der Waals surface area contributed by atoms with Crippen molar-refractivity contribution in [2.75, 3.05) is 33.3 Å². The number of piperidine rings is 1. The largest absolute Gasteiger partial charge is 0.497 e. The quantitative estimate of drug-likeness (QED) is 0.765. The van der Waals surface area contributed by atoms with Crippen LogP contribution in [0.15, 0.2) is 48.7 Å². The summed E-state index contributed by atoms with van der Waals surface area (Å²) in [6, 6.07) is 14.6. The zero-order chi connectivity index (χ0) is 17.3. The number of benzene rings is 1. The molecule has 1 aliphatic heterocycles. The van der Waals surface area contributed by atoms with E-state index in [0.29, 0.717) is 0 Å². The van der Waals surface area contributed by atoms with Crippen molar-refractivity contribution in [3.8, 4) is 5.75 Å². The molecule has 1 saturated heterocycles. The zero-order valence-electron chi connectivity index (χ0n) is 15.6. The molecule has 1 aromatic carbocycles. The summed E-state index contributed by atoms with van der Waals surface area (Å²) in [7, 11) is 1.71. The molecule has 26 heavy (non-hydrogen) atoms. The second-order valence-corrected chi connectivity index (χ2v) is 6.85. The van der Waals surface area contributed by atoms with Gasteiger partial charge in [-0.15, -0.1) is 12.4 Å². The van der Waals surface area contributed by atoms with Crippen LogP contribution in [0.3, 0.4) is 0 Å². The van der Waals surface area contributed by atoms with Crippen LogP contribution in [0.2, 0.25) is 0 Å². The minimum absolute atomic E-state index is 0. The number of halogens is 1. The van der Waals surface area contributed by atoms with Crippen molar-refractivity contribution in [2.24, 2.45) is 5.92 Å². The Balaban J connectivity index is 0.00000243. The average Bonchev–Trinajstić information content (AvgIpc) is 2.68. The summed E-state index contributed by atoms with van der Waals surface area (Å²) in [5, 5.41) is 3.47. The molecule has 4 nitrogen and oxygen atoms in total. The van der Waals surface area contributed by atoms with Gasteiger partial charge in [-0.3, -0.25) is 9.88 Å². The van der Waals surface area contributed by atoms with Gasteiger partial charge in [0.2, 0.25) is 0 Å². The molecule has 1 aliphatic rings. The normalized spacial score (nSPS) is 14.8. The van der Waals surface area contributed by atoms with Crippen molar-refractivity contribution in [1.82, 2.24) is 15.2 Å². The van der Waals surface area contributed by atoms with E-state index in [9.17, 15) is 0 Å². The first kappa shape index (κ1) is 20.7. The second-order valence-electron chi connectivity index (χ2n) is 6.85. The molecule has 1 aromatic heterocycles. The number of rotatable bonds is 8. The average molecular weight is 376 g/mol. The summed E-state index contributed by atoms with van der Waals surface area (Å²) in [6.45, 7) is 5.51. The SMILES string of the molecule is COc1ccc(CN(CCc2ccccn2)CC2CCNCC2)cc1.Cl. The number of ether oxygens (including phenoxy) is 1. The lowest BCUT2D eigenvalue weighted by Crippen LogP contribution is -2.36. The number of pyridine rings is 1. The van der Waals surface area contributed by atoms with Crippen LogP contribution in [0.1, 0.15) is 24.1 Å². The van der Waals surface area contributed by atoms with Crippen molar-refractivity contribution >= 4 is 12.4 Å². The summed E-state index contributed by atoms with van der Waals surface area (Å²) < 4.78 is 5.27. The van der Waals surface area contributed by atoms with Crippen LogP contribution in [-0.2, 0) is 13.0 Å². The summed E-state index contributed by atoms with van der Waals surface area (Å²) in [4.78, 5) is 7.06. The molecule has 0 bridgehead atoms. The number of nitrogens with zero attached hydrogens (tertiary/aromatic N) is 2. The van der Waals surface area contributed by atoms with E-state index in [1.807, 2.05) is 12.3 Å². The third kappa shape index (κ3) is 6.60. The van der Waals surface area contributed by atoms with E-state index in [1.54, 1.807) is 7.11 Å². The fourth-order valence-corrected chi connectivity index (χ4v) is 3.47. The van der Waals surface area contributed by atoms with Gasteiger partial charge in [0.1, 0.15) is 5.75 Å². The fraction of sp³-hybridized carbons (Fsp3) is 0.476. The molecular weight excluding hydrogens is 346 g/mol. The number of hydrogen-bond acceptors (Lipinski definition) is 4. The van der Waals surface area contributed by atoms with E-state index in [0.717, 1.165) is 44.3 Å². The highest BCUT2D eigenvalue weighted by molar-refractivity contribution is 5.85. The molecular formula is C21H30ClN3O. The molecule has 1 N–H and O–H groups in total. The lowest BCUT2D eigenvalue weighted by Gasteiger charge is -2.30. The standard InChI is InChI=1S/C21H29N3O.ClH/c1-25-21-7-5-18(6-8-21)16-24(17-19-9-13-22-14-10-19)15-11-20-4-2-3-12-23-20;/h2-8,12,19,22H,9-11,13-17H2,1H3;1H. The van der Waals surface area contributed by atoms with E-state index in [2.05, 4.69) is 51.6 Å². The Kier molecular flexibility index (Phi) is 8.89. The molecule has 0 aliphatic carbocycles. The van der Waals surface area contributed by atoms with E-state index >= 15 is 0 Å². The van der Waals surface area contributed by atoms with Crippen molar-refractivity contribution in [1.29, 1.82) is 0 Å². The first-order chi connectivity index (χ1) is 12.3. The molecule has 2 heterocycles. The summed E-state index contributed by atoms with van der Waals surface area (Å²) in [6.07, 6.45) is 5.45. The Morgan fingerprint density at radius 1 is 1.12 bits per heavy atom. The van der Waals surface area contributed by atoms with E-state index < -0.39 is 0 Å². The first-order valence-corrected chi connectivity index (χ1v) is 9.29. The van der Waals surface area contributed by atoms with Crippen LogP contribution in [0.5, 0.6) is 5.75 Å². The lowest BCUT2D eigenvalue weighted by atomic mass is 9.97. The smallest absolute Gasteiger partial charge is 0.118 e. The highest BCUT2D eigenvalue weighted by atomic mass is 35.5. The van der Waals surface area contributed by atoms with Gasteiger partial charge in [-0.05, 0) is 61.7 Å². The Hall–Kier alpha value is -1.62. The predicted octanol–water partition coefficient (Wildman–Crippen LogP) is 3.56. The van der Waals surface area contributed by atoms with Gasteiger partial charge in [0.05, 0.1) is 7.11 Å². The molecule has 1 fully saturated rings. The second kappa shape index (κ2) is 11.2. The minimum atomic E-state index is 0. The van der Waals surface area contributed by atoms with Crippen LogP contribution in [0, 0.1) is 5.92 Å². The van der Waals surface area contributed by atoms with Crippen LogP contribution >= 0.6 is 12.4 Å².